The number of piperazine rings is 1. The molecule has 0 aromatic heterocycles. The zero-order valence-electron chi connectivity index (χ0n) is 9.64. The summed E-state index contributed by atoms with van der Waals surface area (Å²) < 4.78 is 12.8. The summed E-state index contributed by atoms with van der Waals surface area (Å²) in [6.45, 7) is 1.04. The van der Waals surface area contributed by atoms with Crippen LogP contribution < -0.4 is 4.90 Å². The van der Waals surface area contributed by atoms with E-state index in [0.29, 0.717) is 18.8 Å². The molecular formula is C12H15FN2O2. The molecule has 0 saturated carbocycles. The number of hydrogen-bond donors (Lipinski definition) is 1. The van der Waals surface area contributed by atoms with Crippen LogP contribution in [0.1, 0.15) is 0 Å². The Bertz CT molecular complexity index is 407. The van der Waals surface area contributed by atoms with E-state index >= 15 is 0 Å². The summed E-state index contributed by atoms with van der Waals surface area (Å²) in [5.41, 5.74) is 0.669. The molecule has 1 heterocycles. The van der Waals surface area contributed by atoms with E-state index in [1.165, 1.54) is 12.1 Å². The smallest absolute Gasteiger partial charge is 0.246 e. The second kappa shape index (κ2) is 4.81. The monoisotopic (exact) mass is 238 g/mol. The lowest BCUT2D eigenvalue weighted by atomic mass is 10.1. The Kier molecular flexibility index (Phi) is 3.40. The lowest BCUT2D eigenvalue weighted by Crippen LogP contribution is -2.57. The van der Waals surface area contributed by atoms with Crippen molar-refractivity contribution in [3.05, 3.63) is 30.1 Å². The van der Waals surface area contributed by atoms with Gasteiger partial charge in [0.25, 0.3) is 0 Å². The Balaban J connectivity index is 2.22. The van der Waals surface area contributed by atoms with Crippen LogP contribution in [0.3, 0.4) is 0 Å². The normalized spacial score (nSPS) is 21.9. The molecule has 0 aliphatic carbocycles. The van der Waals surface area contributed by atoms with Crippen LogP contribution in [0, 0.1) is 5.82 Å². The lowest BCUT2D eigenvalue weighted by Gasteiger charge is -2.37. The molecular weight excluding hydrogens is 223 g/mol. The van der Waals surface area contributed by atoms with Crippen molar-refractivity contribution in [2.75, 3.05) is 31.6 Å². The number of benzene rings is 1. The first-order valence-electron chi connectivity index (χ1n) is 5.51. The topological polar surface area (TPSA) is 43.8 Å². The number of amides is 1. The van der Waals surface area contributed by atoms with Crippen LogP contribution in [0.25, 0.3) is 0 Å². The summed E-state index contributed by atoms with van der Waals surface area (Å²) in [7, 11) is 1.81. The van der Waals surface area contributed by atoms with Crippen LogP contribution in [-0.4, -0.2) is 48.7 Å². The highest BCUT2D eigenvalue weighted by Crippen LogP contribution is 2.19. The van der Waals surface area contributed by atoms with Gasteiger partial charge < -0.3 is 10.0 Å². The Morgan fingerprint density at radius 2 is 2.00 bits per heavy atom. The Hall–Kier alpha value is -1.46. The van der Waals surface area contributed by atoms with Gasteiger partial charge in [0, 0.05) is 18.8 Å². The minimum atomic E-state index is -0.506. The summed E-state index contributed by atoms with van der Waals surface area (Å²) in [6, 6.07) is 5.30. The molecule has 5 heteroatoms. The van der Waals surface area contributed by atoms with Crippen molar-refractivity contribution in [1.29, 1.82) is 0 Å². The molecule has 1 atom stereocenters. The van der Waals surface area contributed by atoms with E-state index in [0.717, 1.165) is 0 Å². The van der Waals surface area contributed by atoms with Gasteiger partial charge in [-0.3, -0.25) is 9.69 Å². The molecule has 1 saturated heterocycles. The molecule has 0 spiro atoms. The molecule has 1 aromatic carbocycles. The van der Waals surface area contributed by atoms with Gasteiger partial charge in [0.15, 0.2) is 0 Å². The second-order valence-electron chi connectivity index (χ2n) is 4.15. The molecule has 1 aromatic rings. The van der Waals surface area contributed by atoms with Crippen LogP contribution >= 0.6 is 0 Å². The van der Waals surface area contributed by atoms with Crippen LogP contribution in [-0.2, 0) is 4.79 Å². The maximum atomic E-state index is 12.8. The Morgan fingerprint density at radius 3 is 2.59 bits per heavy atom. The number of halogens is 1. The number of nitrogens with zero attached hydrogens (tertiary/aromatic N) is 2. The highest BCUT2D eigenvalue weighted by atomic mass is 19.1. The van der Waals surface area contributed by atoms with E-state index in [1.807, 2.05) is 4.90 Å². The minimum Gasteiger partial charge on any atom is -0.394 e. The van der Waals surface area contributed by atoms with Gasteiger partial charge in [0.2, 0.25) is 5.91 Å². The molecule has 0 bridgehead atoms. The fourth-order valence-corrected chi connectivity index (χ4v) is 1.99. The number of rotatable bonds is 2. The van der Waals surface area contributed by atoms with Crippen molar-refractivity contribution in [2.24, 2.45) is 0 Å². The van der Waals surface area contributed by atoms with E-state index in [9.17, 15) is 14.3 Å². The largest absolute Gasteiger partial charge is 0.394 e. The van der Waals surface area contributed by atoms with Crippen LogP contribution in [0.4, 0.5) is 10.1 Å². The maximum Gasteiger partial charge on any atom is 0.246 e. The van der Waals surface area contributed by atoms with E-state index in [4.69, 9.17) is 0 Å². The molecule has 1 amide bonds. The number of likely N-dealkylation sites (N-methyl/N-ethyl adjacent to an activating group) is 1. The molecule has 2 rings (SSSR count). The lowest BCUT2D eigenvalue weighted by molar-refractivity contribution is -0.126. The SMILES string of the molecule is CN1CCN(c2ccc(F)cc2)C(=O)C1CO. The fraction of sp³-hybridized carbons (Fsp3) is 0.417. The quantitative estimate of drug-likeness (QED) is 0.814. The number of carbonyl (C=O) groups excluding carboxylic acids is 1. The standard InChI is InChI=1S/C12H15FN2O2/c1-14-6-7-15(12(17)11(14)8-16)10-4-2-9(13)3-5-10/h2-5,11,16H,6-8H2,1H3. The van der Waals surface area contributed by atoms with Crippen molar-refractivity contribution < 1.29 is 14.3 Å². The molecule has 4 nitrogen and oxygen atoms in total. The molecule has 0 radical (unpaired) electrons. The number of carbonyl (C=O) groups is 1. The third-order valence-electron chi connectivity index (χ3n) is 3.07. The van der Waals surface area contributed by atoms with Crippen molar-refractivity contribution in [2.45, 2.75) is 6.04 Å². The van der Waals surface area contributed by atoms with Crippen LogP contribution in [0.5, 0.6) is 0 Å². The molecule has 1 unspecified atom stereocenters. The van der Waals surface area contributed by atoms with Gasteiger partial charge in [-0.1, -0.05) is 0 Å². The van der Waals surface area contributed by atoms with Gasteiger partial charge in [0.05, 0.1) is 6.61 Å². The molecule has 17 heavy (non-hydrogen) atoms. The number of aliphatic hydroxyl groups excluding tert-OH is 1. The summed E-state index contributed by atoms with van der Waals surface area (Å²) in [4.78, 5) is 15.5. The summed E-state index contributed by atoms with van der Waals surface area (Å²) in [5, 5.41) is 9.19. The first-order valence-corrected chi connectivity index (χ1v) is 5.51. The highest BCUT2D eigenvalue weighted by Gasteiger charge is 2.32. The van der Waals surface area contributed by atoms with Crippen molar-refractivity contribution >= 4 is 11.6 Å². The van der Waals surface area contributed by atoms with E-state index in [2.05, 4.69) is 0 Å². The average Bonchev–Trinajstić information content (AvgIpc) is 2.31. The second-order valence-corrected chi connectivity index (χ2v) is 4.15. The number of hydrogen-bond acceptors (Lipinski definition) is 3. The van der Waals surface area contributed by atoms with E-state index in [1.54, 1.807) is 24.1 Å². The first-order chi connectivity index (χ1) is 8.13. The third kappa shape index (κ3) is 2.30. The number of aliphatic hydroxyl groups is 1. The molecule has 1 aliphatic rings. The Labute approximate surface area is 99.3 Å². The van der Waals surface area contributed by atoms with Gasteiger partial charge in [-0.15, -0.1) is 0 Å². The van der Waals surface area contributed by atoms with Crippen molar-refractivity contribution in [3.8, 4) is 0 Å². The van der Waals surface area contributed by atoms with Crippen LogP contribution in [0.2, 0.25) is 0 Å². The molecule has 1 fully saturated rings. The molecule has 1 N–H and O–H groups in total. The zero-order valence-corrected chi connectivity index (χ0v) is 9.64. The molecule has 92 valence electrons. The summed E-state index contributed by atoms with van der Waals surface area (Å²) in [5.74, 6) is -0.470. The minimum absolute atomic E-state index is 0.146. The van der Waals surface area contributed by atoms with Crippen LogP contribution in [0.15, 0.2) is 24.3 Å². The zero-order chi connectivity index (χ0) is 12.4. The fourth-order valence-electron chi connectivity index (χ4n) is 1.99. The predicted octanol–water partition coefficient (Wildman–Crippen LogP) is 0.465. The van der Waals surface area contributed by atoms with E-state index in [-0.39, 0.29) is 18.3 Å². The predicted molar refractivity (Wildman–Crippen MR) is 62.3 cm³/mol. The average molecular weight is 238 g/mol. The van der Waals surface area contributed by atoms with Gasteiger partial charge in [0.1, 0.15) is 11.9 Å². The summed E-state index contributed by atoms with van der Waals surface area (Å²) in [6.07, 6.45) is 0. The molecule has 1 aliphatic heterocycles. The number of anilines is 1. The van der Waals surface area contributed by atoms with Gasteiger partial charge >= 0.3 is 0 Å². The van der Waals surface area contributed by atoms with Gasteiger partial charge in [-0.2, -0.15) is 0 Å². The van der Waals surface area contributed by atoms with E-state index < -0.39 is 6.04 Å². The van der Waals surface area contributed by atoms with Crippen molar-refractivity contribution in [1.82, 2.24) is 4.90 Å². The van der Waals surface area contributed by atoms with Crippen molar-refractivity contribution in [3.63, 3.8) is 0 Å². The van der Waals surface area contributed by atoms with Gasteiger partial charge in [-0.25, -0.2) is 4.39 Å². The third-order valence-corrected chi connectivity index (χ3v) is 3.07. The van der Waals surface area contributed by atoms with Gasteiger partial charge in [-0.05, 0) is 31.3 Å². The highest BCUT2D eigenvalue weighted by molar-refractivity contribution is 5.98. The maximum absolute atomic E-state index is 12.8. The summed E-state index contributed by atoms with van der Waals surface area (Å²) >= 11 is 0. The first kappa shape index (κ1) is 12.0. The Morgan fingerprint density at radius 1 is 1.35 bits per heavy atom.